The van der Waals surface area contributed by atoms with Crippen LogP contribution in [0.25, 0.3) is 10.9 Å². The maximum Gasteiger partial charge on any atom is 0.251 e. The molecule has 0 aliphatic heterocycles. The van der Waals surface area contributed by atoms with E-state index in [2.05, 4.69) is 4.98 Å². The standard InChI is InChI=1S/C10H9NO.2C2H6/c1-7-6-8-4-2-3-5-9(8)11-10(7)12;2*1-2/h2-6H,1H3,(H,11,12);2*1-2H3. The number of rotatable bonds is 0. The molecule has 16 heavy (non-hydrogen) atoms. The molecule has 0 radical (unpaired) electrons. The zero-order valence-electron chi connectivity index (χ0n) is 10.8. The molecule has 0 fully saturated rings. The van der Waals surface area contributed by atoms with E-state index in [9.17, 15) is 4.79 Å². The number of benzene rings is 1. The van der Waals surface area contributed by atoms with E-state index in [0.717, 1.165) is 16.5 Å². The van der Waals surface area contributed by atoms with Crippen molar-refractivity contribution in [3.63, 3.8) is 0 Å². The van der Waals surface area contributed by atoms with Gasteiger partial charge in [0.25, 0.3) is 5.56 Å². The highest BCUT2D eigenvalue weighted by atomic mass is 16.1. The number of fused-ring (bicyclic) bond motifs is 1. The minimum absolute atomic E-state index is 0.00583. The van der Waals surface area contributed by atoms with Gasteiger partial charge in [-0.3, -0.25) is 4.79 Å². The van der Waals surface area contributed by atoms with Crippen LogP contribution in [0.1, 0.15) is 33.3 Å². The molecule has 0 atom stereocenters. The van der Waals surface area contributed by atoms with E-state index in [1.807, 2.05) is 65.0 Å². The van der Waals surface area contributed by atoms with Crippen molar-refractivity contribution in [2.24, 2.45) is 0 Å². The topological polar surface area (TPSA) is 32.9 Å². The Morgan fingerprint density at radius 3 is 2.19 bits per heavy atom. The lowest BCUT2D eigenvalue weighted by Crippen LogP contribution is -2.08. The molecule has 88 valence electrons. The smallest absolute Gasteiger partial charge is 0.251 e. The van der Waals surface area contributed by atoms with Crippen molar-refractivity contribution in [1.29, 1.82) is 0 Å². The second-order valence-electron chi connectivity index (χ2n) is 2.87. The molecule has 0 bridgehead atoms. The molecule has 2 rings (SSSR count). The SMILES string of the molecule is CC.CC.Cc1cc2ccccc2[nH]c1=O. The third-order valence-electron chi connectivity index (χ3n) is 1.94. The molecule has 0 spiro atoms. The minimum Gasteiger partial charge on any atom is -0.322 e. The van der Waals surface area contributed by atoms with Gasteiger partial charge >= 0.3 is 0 Å². The molecule has 0 aliphatic carbocycles. The molecular weight excluding hydrogens is 198 g/mol. The van der Waals surface area contributed by atoms with Gasteiger partial charge in [-0.1, -0.05) is 45.9 Å². The van der Waals surface area contributed by atoms with Gasteiger partial charge in [0.1, 0.15) is 0 Å². The maximum atomic E-state index is 11.2. The third kappa shape index (κ3) is 3.54. The van der Waals surface area contributed by atoms with Crippen LogP contribution < -0.4 is 5.56 Å². The van der Waals surface area contributed by atoms with Gasteiger partial charge in [0, 0.05) is 11.1 Å². The highest BCUT2D eigenvalue weighted by Crippen LogP contribution is 2.08. The Kier molecular flexibility index (Phi) is 6.93. The molecule has 0 amide bonds. The van der Waals surface area contributed by atoms with Crippen LogP contribution in [0.3, 0.4) is 0 Å². The van der Waals surface area contributed by atoms with Crippen LogP contribution >= 0.6 is 0 Å². The fraction of sp³-hybridized carbons (Fsp3) is 0.357. The highest BCUT2D eigenvalue weighted by Gasteiger charge is 1.95. The average molecular weight is 219 g/mol. The van der Waals surface area contributed by atoms with Crippen molar-refractivity contribution in [3.05, 3.63) is 46.2 Å². The van der Waals surface area contributed by atoms with Crippen LogP contribution in [-0.2, 0) is 0 Å². The van der Waals surface area contributed by atoms with E-state index in [1.54, 1.807) is 0 Å². The van der Waals surface area contributed by atoms with Crippen molar-refractivity contribution < 1.29 is 0 Å². The maximum absolute atomic E-state index is 11.2. The lowest BCUT2D eigenvalue weighted by atomic mass is 10.2. The lowest BCUT2D eigenvalue weighted by molar-refractivity contribution is 1.24. The van der Waals surface area contributed by atoms with Crippen LogP contribution in [0.2, 0.25) is 0 Å². The van der Waals surface area contributed by atoms with Gasteiger partial charge in [-0.25, -0.2) is 0 Å². The van der Waals surface area contributed by atoms with E-state index in [1.165, 1.54) is 0 Å². The number of pyridine rings is 1. The Morgan fingerprint density at radius 2 is 1.56 bits per heavy atom. The zero-order valence-corrected chi connectivity index (χ0v) is 10.8. The zero-order chi connectivity index (χ0) is 12.6. The van der Waals surface area contributed by atoms with Gasteiger partial charge in [0.2, 0.25) is 0 Å². The van der Waals surface area contributed by atoms with Gasteiger partial charge in [0.05, 0.1) is 0 Å². The summed E-state index contributed by atoms with van der Waals surface area (Å²) >= 11 is 0. The van der Waals surface area contributed by atoms with Crippen molar-refractivity contribution in [1.82, 2.24) is 4.98 Å². The molecule has 2 heteroatoms. The molecule has 1 N–H and O–H groups in total. The molecule has 1 aromatic heterocycles. The first-order chi connectivity index (χ1) is 7.77. The van der Waals surface area contributed by atoms with Crippen molar-refractivity contribution in [3.8, 4) is 0 Å². The predicted octanol–water partition coefficient (Wildman–Crippen LogP) is 3.89. The summed E-state index contributed by atoms with van der Waals surface area (Å²) in [5, 5.41) is 1.08. The fourth-order valence-corrected chi connectivity index (χ4v) is 1.26. The number of aromatic nitrogens is 1. The number of aromatic amines is 1. The number of hydrogen-bond donors (Lipinski definition) is 1. The van der Waals surface area contributed by atoms with Crippen LogP contribution in [0.4, 0.5) is 0 Å². The largest absolute Gasteiger partial charge is 0.322 e. The monoisotopic (exact) mass is 219 g/mol. The van der Waals surface area contributed by atoms with Gasteiger partial charge < -0.3 is 4.98 Å². The molecule has 1 aromatic carbocycles. The molecule has 0 saturated heterocycles. The number of H-pyrrole nitrogens is 1. The van der Waals surface area contributed by atoms with Gasteiger partial charge in [0.15, 0.2) is 0 Å². The van der Waals surface area contributed by atoms with Crippen LogP contribution in [-0.4, -0.2) is 4.98 Å². The second-order valence-corrected chi connectivity index (χ2v) is 2.87. The van der Waals surface area contributed by atoms with E-state index in [-0.39, 0.29) is 5.56 Å². The Hall–Kier alpha value is -1.57. The Morgan fingerprint density at radius 1 is 1.00 bits per heavy atom. The summed E-state index contributed by atoms with van der Waals surface area (Å²) in [5.41, 5.74) is 1.65. The minimum atomic E-state index is -0.00583. The van der Waals surface area contributed by atoms with Crippen LogP contribution in [0, 0.1) is 6.92 Å². The first-order valence-corrected chi connectivity index (χ1v) is 5.86. The lowest BCUT2D eigenvalue weighted by Gasteiger charge is -1.97. The van der Waals surface area contributed by atoms with Crippen molar-refractivity contribution >= 4 is 10.9 Å². The number of aryl methyl sites for hydroxylation is 1. The Labute approximate surface area is 97.3 Å². The predicted molar refractivity (Wildman–Crippen MR) is 72.0 cm³/mol. The summed E-state index contributed by atoms with van der Waals surface area (Å²) in [5.74, 6) is 0. The fourth-order valence-electron chi connectivity index (χ4n) is 1.26. The van der Waals surface area contributed by atoms with Crippen LogP contribution in [0.15, 0.2) is 35.1 Å². The normalized spacial score (nSPS) is 8.56. The summed E-state index contributed by atoms with van der Waals surface area (Å²) in [6, 6.07) is 9.65. The quantitative estimate of drug-likeness (QED) is 0.716. The Bertz CT molecular complexity index is 471. The van der Waals surface area contributed by atoms with E-state index in [4.69, 9.17) is 0 Å². The van der Waals surface area contributed by atoms with Gasteiger partial charge in [-0.2, -0.15) is 0 Å². The van der Waals surface area contributed by atoms with Crippen LogP contribution in [0.5, 0.6) is 0 Å². The summed E-state index contributed by atoms with van der Waals surface area (Å²) in [7, 11) is 0. The van der Waals surface area contributed by atoms with Crippen molar-refractivity contribution in [2.75, 3.05) is 0 Å². The van der Waals surface area contributed by atoms with Gasteiger partial charge in [-0.15, -0.1) is 0 Å². The first-order valence-electron chi connectivity index (χ1n) is 5.86. The summed E-state index contributed by atoms with van der Waals surface area (Å²) in [6.07, 6.45) is 0. The number of hydrogen-bond acceptors (Lipinski definition) is 1. The molecule has 0 aliphatic rings. The second kappa shape index (κ2) is 7.69. The Balaban J connectivity index is 0.000000509. The van der Waals surface area contributed by atoms with Gasteiger partial charge in [-0.05, 0) is 24.4 Å². The van der Waals surface area contributed by atoms with Crippen molar-refractivity contribution in [2.45, 2.75) is 34.6 Å². The molecule has 1 heterocycles. The molecule has 0 saturated carbocycles. The molecular formula is C14H21NO. The third-order valence-corrected chi connectivity index (χ3v) is 1.94. The van der Waals surface area contributed by atoms with E-state index >= 15 is 0 Å². The van der Waals surface area contributed by atoms with E-state index < -0.39 is 0 Å². The first kappa shape index (κ1) is 14.4. The average Bonchev–Trinajstić information content (AvgIpc) is 2.36. The molecule has 2 nitrogen and oxygen atoms in total. The molecule has 0 unspecified atom stereocenters. The highest BCUT2D eigenvalue weighted by molar-refractivity contribution is 5.78. The summed E-state index contributed by atoms with van der Waals surface area (Å²) in [4.78, 5) is 14.0. The summed E-state index contributed by atoms with van der Waals surface area (Å²) < 4.78 is 0. The number of para-hydroxylation sites is 1. The van der Waals surface area contributed by atoms with E-state index in [0.29, 0.717) is 0 Å². The number of nitrogens with one attached hydrogen (secondary N) is 1. The molecule has 2 aromatic rings. The summed E-state index contributed by atoms with van der Waals surface area (Å²) in [6.45, 7) is 9.81.